The van der Waals surface area contributed by atoms with Gasteiger partial charge in [0.05, 0.1) is 23.9 Å². The molecule has 0 aromatic rings. The second-order valence-corrected chi connectivity index (χ2v) is 15.7. The summed E-state index contributed by atoms with van der Waals surface area (Å²) in [6.07, 6.45) is -4.16. The van der Waals surface area contributed by atoms with E-state index in [1.165, 1.54) is 6.92 Å². The van der Waals surface area contributed by atoms with Crippen LogP contribution in [0.4, 0.5) is 0 Å². The highest BCUT2D eigenvalue weighted by Crippen LogP contribution is 2.66. The number of aliphatic hydroxyl groups is 6. The van der Waals surface area contributed by atoms with Crippen molar-refractivity contribution in [3.8, 4) is 0 Å². The summed E-state index contributed by atoms with van der Waals surface area (Å²) in [6, 6.07) is 0. The zero-order chi connectivity index (χ0) is 33.3. The van der Waals surface area contributed by atoms with Gasteiger partial charge in [0.15, 0.2) is 12.6 Å². The van der Waals surface area contributed by atoms with Crippen LogP contribution in [0.5, 0.6) is 0 Å². The number of carbonyl (C=O) groups is 1. The number of fused-ring (bicyclic) bond motifs is 1. The molecule has 12 heteroatoms. The van der Waals surface area contributed by atoms with E-state index in [0.29, 0.717) is 18.9 Å². The summed E-state index contributed by atoms with van der Waals surface area (Å²) in [6.45, 7) is 10.2. The van der Waals surface area contributed by atoms with E-state index in [9.17, 15) is 35.4 Å². The van der Waals surface area contributed by atoms with Crippen LogP contribution in [0.25, 0.3) is 0 Å². The fraction of sp³-hybridized carbons (Fsp3) is 0.912. The van der Waals surface area contributed by atoms with Crippen LogP contribution < -0.4 is 0 Å². The van der Waals surface area contributed by atoms with E-state index in [-0.39, 0.29) is 34.7 Å². The number of carbonyl (C=O) groups excluding carboxylic acids is 1. The van der Waals surface area contributed by atoms with Crippen LogP contribution in [0.2, 0.25) is 0 Å². The molecule has 46 heavy (non-hydrogen) atoms. The van der Waals surface area contributed by atoms with Crippen LogP contribution in [0.1, 0.15) is 86.0 Å². The predicted octanol–water partition coefficient (Wildman–Crippen LogP) is 1.31. The molecule has 15 atom stereocenters. The maximum Gasteiger partial charge on any atom is 0.331 e. The van der Waals surface area contributed by atoms with Crippen LogP contribution >= 0.6 is 0 Å². The highest BCUT2D eigenvalue weighted by Gasteiger charge is 2.65. The number of rotatable bonds is 6. The third-order valence-corrected chi connectivity index (χ3v) is 13.2. The van der Waals surface area contributed by atoms with Gasteiger partial charge in [-0.25, -0.2) is 4.79 Å². The first-order valence-corrected chi connectivity index (χ1v) is 17.2. The lowest BCUT2D eigenvalue weighted by Gasteiger charge is -2.58. The topological polar surface area (TPSA) is 185 Å². The molecule has 0 aromatic carbocycles. The van der Waals surface area contributed by atoms with Gasteiger partial charge in [0.1, 0.15) is 43.2 Å². The van der Waals surface area contributed by atoms with Crippen molar-refractivity contribution in [3.63, 3.8) is 0 Å². The Bertz CT molecular complexity index is 1150. The van der Waals surface area contributed by atoms with Crippen molar-refractivity contribution in [2.75, 3.05) is 6.61 Å². The van der Waals surface area contributed by atoms with Crippen molar-refractivity contribution < 1.29 is 59.1 Å². The summed E-state index contributed by atoms with van der Waals surface area (Å²) in [5.41, 5.74) is -0.107. The van der Waals surface area contributed by atoms with E-state index < -0.39 is 67.0 Å². The lowest BCUT2D eigenvalue weighted by molar-refractivity contribution is -0.358. The largest absolute Gasteiger partial charge is 0.458 e. The second kappa shape index (κ2) is 12.6. The summed E-state index contributed by atoms with van der Waals surface area (Å²) in [4.78, 5) is 11.8. The van der Waals surface area contributed by atoms with Crippen LogP contribution in [0.15, 0.2) is 11.6 Å². The number of esters is 1. The van der Waals surface area contributed by atoms with Crippen molar-refractivity contribution in [2.45, 2.75) is 159 Å². The molecule has 8 unspecified atom stereocenters. The van der Waals surface area contributed by atoms with Crippen LogP contribution in [-0.2, 0) is 28.5 Å². The minimum absolute atomic E-state index is 0.00213. The third kappa shape index (κ3) is 5.68. The highest BCUT2D eigenvalue weighted by molar-refractivity contribution is 5.85. The molecular weight excluding hydrogens is 600 g/mol. The number of hydrogen-bond acceptors (Lipinski definition) is 12. The smallest absolute Gasteiger partial charge is 0.331 e. The van der Waals surface area contributed by atoms with Gasteiger partial charge in [-0.2, -0.15) is 0 Å². The molecule has 6 N–H and O–H groups in total. The monoisotopic (exact) mass is 654 g/mol. The van der Waals surface area contributed by atoms with Crippen molar-refractivity contribution in [1.29, 1.82) is 0 Å². The summed E-state index contributed by atoms with van der Waals surface area (Å²) in [5.74, 6) is 0.270. The Hall–Kier alpha value is -1.19. The van der Waals surface area contributed by atoms with Crippen molar-refractivity contribution in [2.24, 2.45) is 28.6 Å². The van der Waals surface area contributed by atoms with E-state index in [1.54, 1.807) is 13.0 Å². The van der Waals surface area contributed by atoms with Gasteiger partial charge in [0, 0.05) is 11.5 Å². The average Bonchev–Trinajstić information content (AvgIpc) is 3.56. The third-order valence-electron chi connectivity index (χ3n) is 13.2. The lowest BCUT2D eigenvalue weighted by Crippen LogP contribution is -2.63. The van der Waals surface area contributed by atoms with Crippen molar-refractivity contribution >= 4 is 5.97 Å². The average molecular weight is 655 g/mol. The molecule has 3 saturated carbocycles. The fourth-order valence-electron chi connectivity index (χ4n) is 10.1. The SMILES string of the molecule is CC1OC(O[C@H]2C(O)C(C)OC(OC3CCC(C)(C4CCC5(C)[C@@H](C6=CC(=O)OC6)CC[C@]5(O)[C@@H]4C)CC3)[C@H]2O)[C@@H](O)[C@@H](O)C1O. The van der Waals surface area contributed by atoms with E-state index in [4.69, 9.17) is 23.7 Å². The first-order chi connectivity index (χ1) is 21.6. The van der Waals surface area contributed by atoms with Crippen LogP contribution in [0.3, 0.4) is 0 Å². The van der Waals surface area contributed by atoms with Crippen molar-refractivity contribution in [1.82, 2.24) is 0 Å². The molecule has 3 aliphatic carbocycles. The molecule has 0 spiro atoms. The maximum atomic E-state index is 12.3. The molecule has 0 amide bonds. The molecule has 0 aromatic heterocycles. The highest BCUT2D eigenvalue weighted by atomic mass is 16.7. The summed E-state index contributed by atoms with van der Waals surface area (Å²) in [7, 11) is 0. The van der Waals surface area contributed by atoms with Gasteiger partial charge in [0.25, 0.3) is 0 Å². The summed E-state index contributed by atoms with van der Waals surface area (Å²) < 4.78 is 28.8. The molecule has 6 aliphatic rings. The van der Waals surface area contributed by atoms with Crippen molar-refractivity contribution in [3.05, 3.63) is 11.6 Å². The zero-order valence-corrected chi connectivity index (χ0v) is 27.7. The first-order valence-electron chi connectivity index (χ1n) is 17.2. The Labute approximate surface area is 271 Å². The Kier molecular flexibility index (Phi) is 9.50. The number of aliphatic hydroxyl groups excluding tert-OH is 5. The quantitative estimate of drug-likeness (QED) is 0.226. The first kappa shape index (κ1) is 34.7. The standard InChI is InChI=1S/C34H54O12/c1-16-21(8-12-33(5)22(9-13-34(16,33)41)19-14-23(35)42-15-19)32(4)10-6-20(7-11-32)45-31-28(40)29(25(37)18(3)44-31)46-30-27(39)26(38)24(36)17(2)43-30/h14,16-18,20-22,24-31,36-41H,6-13,15H2,1-5H3/t16-,17?,18?,20?,21?,22-,24?,25?,26+,27+,28+,29+,30?,31?,32?,33?,34+/m1/s1. The van der Waals surface area contributed by atoms with Gasteiger partial charge >= 0.3 is 5.97 Å². The minimum Gasteiger partial charge on any atom is -0.458 e. The molecule has 5 fully saturated rings. The van der Waals surface area contributed by atoms with E-state index in [1.807, 2.05) is 0 Å². The molecule has 3 heterocycles. The molecule has 262 valence electrons. The molecule has 3 aliphatic heterocycles. The number of cyclic esters (lactones) is 1. The van der Waals surface area contributed by atoms with Gasteiger partial charge < -0.3 is 54.3 Å². The van der Waals surface area contributed by atoms with E-state index in [2.05, 4.69) is 20.8 Å². The maximum absolute atomic E-state index is 12.3. The lowest BCUT2D eigenvalue weighted by atomic mass is 9.49. The molecule has 2 saturated heterocycles. The van der Waals surface area contributed by atoms with E-state index in [0.717, 1.165) is 50.5 Å². The van der Waals surface area contributed by atoms with Crippen LogP contribution in [0, 0.1) is 28.6 Å². The second-order valence-electron chi connectivity index (χ2n) is 15.7. The van der Waals surface area contributed by atoms with Gasteiger partial charge in [-0.3, -0.25) is 0 Å². The van der Waals surface area contributed by atoms with Crippen LogP contribution in [-0.4, -0.2) is 116 Å². The Balaban J connectivity index is 1.07. The van der Waals surface area contributed by atoms with E-state index >= 15 is 0 Å². The minimum atomic E-state index is -1.58. The molecule has 12 nitrogen and oxygen atoms in total. The van der Waals surface area contributed by atoms with Gasteiger partial charge in [0.2, 0.25) is 0 Å². The number of ether oxygens (including phenoxy) is 5. The van der Waals surface area contributed by atoms with Gasteiger partial charge in [-0.05, 0) is 94.0 Å². The summed E-state index contributed by atoms with van der Waals surface area (Å²) in [5, 5.41) is 64.9. The molecule has 6 rings (SSSR count). The molecular formula is C34H54O12. The number of hydrogen-bond donors (Lipinski definition) is 6. The molecule has 0 radical (unpaired) electrons. The molecule has 0 bridgehead atoms. The normalized spacial score (nSPS) is 54.7. The Morgan fingerprint density at radius 3 is 2.02 bits per heavy atom. The predicted molar refractivity (Wildman–Crippen MR) is 162 cm³/mol. The summed E-state index contributed by atoms with van der Waals surface area (Å²) >= 11 is 0. The fourth-order valence-corrected chi connectivity index (χ4v) is 10.1. The Morgan fingerprint density at radius 1 is 0.761 bits per heavy atom. The van der Waals surface area contributed by atoms with Gasteiger partial charge in [-0.15, -0.1) is 0 Å². The zero-order valence-electron chi connectivity index (χ0n) is 27.7. The van der Waals surface area contributed by atoms with Gasteiger partial charge in [-0.1, -0.05) is 20.8 Å². The Morgan fingerprint density at radius 2 is 1.39 bits per heavy atom.